The van der Waals surface area contributed by atoms with Crippen LogP contribution in [0.15, 0.2) is 5.16 Å². The SMILES string of the molecule is Cn1c(SCC(=O)O)nnc1N1CCC2CCCCC2C1. The van der Waals surface area contributed by atoms with Gasteiger partial charge in [-0.15, -0.1) is 10.2 Å². The number of thioether (sulfide) groups is 1. The quantitative estimate of drug-likeness (QED) is 0.858. The summed E-state index contributed by atoms with van der Waals surface area (Å²) in [6.45, 7) is 2.11. The van der Waals surface area contributed by atoms with E-state index in [1.54, 1.807) is 0 Å². The van der Waals surface area contributed by atoms with Crippen molar-refractivity contribution < 1.29 is 9.90 Å². The molecule has 1 aromatic rings. The molecule has 116 valence electrons. The van der Waals surface area contributed by atoms with Crippen molar-refractivity contribution in [1.29, 1.82) is 0 Å². The fraction of sp³-hybridized carbons (Fsp3) is 0.786. The summed E-state index contributed by atoms with van der Waals surface area (Å²) in [5.74, 6) is 1.76. The van der Waals surface area contributed by atoms with Crippen molar-refractivity contribution in [3.8, 4) is 0 Å². The molecule has 2 aliphatic rings. The maximum absolute atomic E-state index is 10.7. The van der Waals surface area contributed by atoms with Gasteiger partial charge in [0.1, 0.15) is 0 Å². The lowest BCUT2D eigenvalue weighted by molar-refractivity contribution is -0.133. The maximum Gasteiger partial charge on any atom is 0.313 e. The summed E-state index contributed by atoms with van der Waals surface area (Å²) in [6, 6.07) is 0. The number of hydrogen-bond acceptors (Lipinski definition) is 5. The second-order valence-corrected chi connectivity index (χ2v) is 7.01. The molecule has 2 atom stereocenters. The zero-order valence-electron chi connectivity index (χ0n) is 12.4. The normalized spacial score (nSPS) is 25.7. The van der Waals surface area contributed by atoms with Crippen LogP contribution in [-0.4, -0.2) is 44.7 Å². The number of anilines is 1. The summed E-state index contributed by atoms with van der Waals surface area (Å²) >= 11 is 1.23. The van der Waals surface area contributed by atoms with Gasteiger partial charge in [-0.1, -0.05) is 31.0 Å². The van der Waals surface area contributed by atoms with Gasteiger partial charge in [-0.2, -0.15) is 0 Å². The smallest absolute Gasteiger partial charge is 0.313 e. The average molecular weight is 310 g/mol. The molecule has 1 aliphatic heterocycles. The Hall–Kier alpha value is -1.24. The van der Waals surface area contributed by atoms with Crippen LogP contribution in [0.2, 0.25) is 0 Å². The Kier molecular flexibility index (Phi) is 4.37. The predicted octanol–water partition coefficient (Wildman–Crippen LogP) is 2.01. The van der Waals surface area contributed by atoms with Crippen molar-refractivity contribution in [3.05, 3.63) is 0 Å². The van der Waals surface area contributed by atoms with E-state index in [9.17, 15) is 4.79 Å². The van der Waals surface area contributed by atoms with Gasteiger partial charge >= 0.3 is 5.97 Å². The van der Waals surface area contributed by atoms with E-state index in [4.69, 9.17) is 5.11 Å². The lowest BCUT2D eigenvalue weighted by Crippen LogP contribution is -2.42. The molecule has 1 aliphatic carbocycles. The zero-order valence-corrected chi connectivity index (χ0v) is 13.2. The molecule has 0 bridgehead atoms. The first-order chi connectivity index (χ1) is 10.1. The van der Waals surface area contributed by atoms with Gasteiger partial charge in [0.25, 0.3) is 0 Å². The van der Waals surface area contributed by atoms with Gasteiger partial charge in [0.05, 0.1) is 5.75 Å². The van der Waals surface area contributed by atoms with E-state index >= 15 is 0 Å². The standard InChI is InChI=1S/C14H22N4O2S/c1-17-13(15-16-14(17)21-9-12(19)20)18-7-6-10-4-2-3-5-11(10)8-18/h10-11H,2-9H2,1H3,(H,19,20). The predicted molar refractivity (Wildman–Crippen MR) is 81.6 cm³/mol. The number of carboxylic acids is 1. The molecule has 2 heterocycles. The summed E-state index contributed by atoms with van der Waals surface area (Å²) in [5, 5.41) is 17.9. The highest BCUT2D eigenvalue weighted by molar-refractivity contribution is 7.99. The number of hydrogen-bond donors (Lipinski definition) is 1. The van der Waals surface area contributed by atoms with Gasteiger partial charge in [0, 0.05) is 20.1 Å². The van der Waals surface area contributed by atoms with Crippen LogP contribution in [0.5, 0.6) is 0 Å². The number of aromatic nitrogens is 3. The Labute approximate surface area is 128 Å². The zero-order chi connectivity index (χ0) is 14.8. The number of fused-ring (bicyclic) bond motifs is 1. The molecule has 3 rings (SSSR count). The molecule has 1 aromatic heterocycles. The molecule has 21 heavy (non-hydrogen) atoms. The summed E-state index contributed by atoms with van der Waals surface area (Å²) in [4.78, 5) is 13.0. The van der Waals surface area contributed by atoms with E-state index in [1.807, 2.05) is 11.6 Å². The topological polar surface area (TPSA) is 71.2 Å². The maximum atomic E-state index is 10.7. The van der Waals surface area contributed by atoms with Crippen LogP contribution in [0.4, 0.5) is 5.95 Å². The average Bonchev–Trinajstić information content (AvgIpc) is 2.85. The Morgan fingerprint density at radius 2 is 2.05 bits per heavy atom. The molecule has 6 nitrogen and oxygen atoms in total. The highest BCUT2D eigenvalue weighted by atomic mass is 32.2. The fourth-order valence-electron chi connectivity index (χ4n) is 3.62. The number of carbonyl (C=O) groups is 1. The number of nitrogens with zero attached hydrogens (tertiary/aromatic N) is 4. The molecular formula is C14H22N4O2S. The van der Waals surface area contributed by atoms with E-state index in [-0.39, 0.29) is 5.75 Å². The van der Waals surface area contributed by atoms with Crippen LogP contribution in [0, 0.1) is 11.8 Å². The minimum atomic E-state index is -0.826. The van der Waals surface area contributed by atoms with Gasteiger partial charge < -0.3 is 10.0 Å². The molecule has 0 amide bonds. The molecule has 0 radical (unpaired) electrons. The fourth-order valence-corrected chi connectivity index (χ4v) is 4.24. The van der Waals surface area contributed by atoms with Gasteiger partial charge in [-0.3, -0.25) is 9.36 Å². The third-order valence-electron chi connectivity index (χ3n) is 4.71. The van der Waals surface area contributed by atoms with Crippen molar-refractivity contribution in [3.63, 3.8) is 0 Å². The number of carboxylic acid groups (broad SMARTS) is 1. The molecule has 1 N–H and O–H groups in total. The third-order valence-corrected chi connectivity index (χ3v) is 5.72. The van der Waals surface area contributed by atoms with E-state index < -0.39 is 5.97 Å². The van der Waals surface area contributed by atoms with Crippen molar-refractivity contribution in [2.75, 3.05) is 23.7 Å². The monoisotopic (exact) mass is 310 g/mol. The van der Waals surface area contributed by atoms with Crippen LogP contribution < -0.4 is 4.90 Å². The van der Waals surface area contributed by atoms with Crippen LogP contribution in [-0.2, 0) is 11.8 Å². The van der Waals surface area contributed by atoms with Gasteiger partial charge in [0.2, 0.25) is 5.95 Å². The van der Waals surface area contributed by atoms with Crippen molar-refractivity contribution >= 4 is 23.7 Å². The number of piperidine rings is 1. The summed E-state index contributed by atoms with van der Waals surface area (Å²) in [7, 11) is 1.92. The third kappa shape index (κ3) is 3.17. The van der Waals surface area contributed by atoms with Gasteiger partial charge in [0.15, 0.2) is 5.16 Å². The van der Waals surface area contributed by atoms with E-state index in [0.29, 0.717) is 5.16 Å². The molecule has 1 saturated carbocycles. The molecule has 2 unspecified atom stereocenters. The van der Waals surface area contributed by atoms with E-state index in [2.05, 4.69) is 15.1 Å². The largest absolute Gasteiger partial charge is 0.481 e. The van der Waals surface area contributed by atoms with Crippen LogP contribution in [0.3, 0.4) is 0 Å². The molecular weight excluding hydrogens is 288 g/mol. The number of aliphatic carboxylic acids is 1. The van der Waals surface area contributed by atoms with Crippen LogP contribution >= 0.6 is 11.8 Å². The van der Waals surface area contributed by atoms with Crippen LogP contribution in [0.25, 0.3) is 0 Å². The summed E-state index contributed by atoms with van der Waals surface area (Å²) in [5.41, 5.74) is 0. The highest BCUT2D eigenvalue weighted by Gasteiger charge is 2.32. The second kappa shape index (κ2) is 6.25. The summed E-state index contributed by atoms with van der Waals surface area (Å²) < 4.78 is 1.93. The minimum absolute atomic E-state index is 0.0245. The molecule has 0 spiro atoms. The van der Waals surface area contributed by atoms with Crippen molar-refractivity contribution in [1.82, 2.24) is 14.8 Å². The first-order valence-electron chi connectivity index (χ1n) is 7.64. The lowest BCUT2D eigenvalue weighted by Gasteiger charge is -2.41. The second-order valence-electron chi connectivity index (χ2n) is 6.06. The van der Waals surface area contributed by atoms with Gasteiger partial charge in [-0.05, 0) is 24.7 Å². The molecule has 1 saturated heterocycles. The summed E-state index contributed by atoms with van der Waals surface area (Å²) in [6.07, 6.45) is 6.71. The molecule has 7 heteroatoms. The lowest BCUT2D eigenvalue weighted by atomic mass is 9.75. The van der Waals surface area contributed by atoms with E-state index in [0.717, 1.165) is 30.9 Å². The molecule has 2 fully saturated rings. The number of rotatable bonds is 4. The Morgan fingerprint density at radius 3 is 2.81 bits per heavy atom. The van der Waals surface area contributed by atoms with Crippen LogP contribution in [0.1, 0.15) is 32.1 Å². The van der Waals surface area contributed by atoms with Gasteiger partial charge in [-0.25, -0.2) is 0 Å². The first-order valence-corrected chi connectivity index (χ1v) is 8.62. The van der Waals surface area contributed by atoms with Crippen molar-refractivity contribution in [2.24, 2.45) is 18.9 Å². The minimum Gasteiger partial charge on any atom is -0.481 e. The Balaban J connectivity index is 1.68. The first kappa shape index (κ1) is 14.7. The highest BCUT2D eigenvalue weighted by Crippen LogP contribution is 2.37. The van der Waals surface area contributed by atoms with Crippen molar-refractivity contribution in [2.45, 2.75) is 37.3 Å². The molecule has 0 aromatic carbocycles. The Bertz CT molecular complexity index is 519. The van der Waals surface area contributed by atoms with E-state index in [1.165, 1.54) is 43.9 Å². The Morgan fingerprint density at radius 1 is 1.29 bits per heavy atom.